The molecule has 0 atom stereocenters. The number of aliphatic carboxylic acids is 1. The maximum atomic E-state index is 10.9. The number of carboxylic acids is 1. The molecule has 0 unspecified atom stereocenters. The fourth-order valence-corrected chi connectivity index (χ4v) is 5.12. The molecule has 0 radical (unpaired) electrons. The van der Waals surface area contributed by atoms with Crippen molar-refractivity contribution in [2.45, 2.75) is 32.2 Å². The lowest BCUT2D eigenvalue weighted by molar-refractivity contribution is -0.147. The minimum Gasteiger partial charge on any atom is -0.481 e. The zero-order valence-corrected chi connectivity index (χ0v) is 17.3. The summed E-state index contributed by atoms with van der Waals surface area (Å²) in [4.78, 5) is 14.6. The molecule has 1 N–H and O–H groups in total. The number of hydrogen-bond acceptors (Lipinski definition) is 3. The second kappa shape index (κ2) is 8.64. The molecule has 0 aliphatic carbocycles. The molecule has 1 aliphatic rings. The van der Waals surface area contributed by atoms with Gasteiger partial charge in [-0.1, -0.05) is 35.9 Å². The molecule has 2 heterocycles. The number of hydrogen-bond donors (Lipinski definition) is 1. The summed E-state index contributed by atoms with van der Waals surface area (Å²) in [5.74, 6) is -0.869. The average Bonchev–Trinajstić information content (AvgIpc) is 3.04. The number of carbonyl (C=O) groups is 1. The van der Waals surface area contributed by atoms with Crippen LogP contribution < -0.4 is 0 Å². The van der Waals surface area contributed by atoms with Gasteiger partial charge in [-0.3, -0.25) is 9.69 Å². The summed E-state index contributed by atoms with van der Waals surface area (Å²) in [6, 6.07) is 17.0. The minimum atomic E-state index is -0.677. The number of halogens is 1. The molecule has 0 amide bonds. The summed E-state index contributed by atoms with van der Waals surface area (Å²) in [6.45, 7) is 2.16. The first-order valence-corrected chi connectivity index (χ1v) is 11.0. The second-order valence-electron chi connectivity index (χ2n) is 7.61. The van der Waals surface area contributed by atoms with Crippen LogP contribution in [-0.4, -0.2) is 29.1 Å². The van der Waals surface area contributed by atoms with Crippen LogP contribution >= 0.6 is 22.9 Å². The van der Waals surface area contributed by atoms with Crippen molar-refractivity contribution in [3.63, 3.8) is 0 Å². The quantitative estimate of drug-likeness (QED) is 0.486. The van der Waals surface area contributed by atoms with E-state index in [1.807, 2.05) is 29.5 Å². The molecule has 0 bridgehead atoms. The molecule has 3 nitrogen and oxygen atoms in total. The third-order valence-electron chi connectivity index (χ3n) is 5.42. The van der Waals surface area contributed by atoms with Crippen LogP contribution in [0.2, 0.25) is 5.02 Å². The van der Waals surface area contributed by atoms with Crippen LogP contribution in [0.15, 0.2) is 48.5 Å². The lowest BCUT2D eigenvalue weighted by Crippen LogP contribution is -2.49. The molecule has 1 aliphatic heterocycles. The minimum absolute atomic E-state index is 0.192. The fraction of sp³-hybridized carbons (Fsp3) is 0.348. The first-order chi connectivity index (χ1) is 13.6. The Morgan fingerprint density at radius 3 is 2.68 bits per heavy atom. The van der Waals surface area contributed by atoms with Crippen LogP contribution in [0.1, 0.15) is 28.8 Å². The van der Waals surface area contributed by atoms with Crippen LogP contribution in [0.5, 0.6) is 0 Å². The van der Waals surface area contributed by atoms with Crippen molar-refractivity contribution in [2.24, 2.45) is 5.92 Å². The van der Waals surface area contributed by atoms with E-state index in [4.69, 9.17) is 16.7 Å². The first kappa shape index (κ1) is 19.4. The largest absolute Gasteiger partial charge is 0.481 e. The molecule has 1 aromatic heterocycles. The number of unbranched alkanes of at least 4 members (excludes halogenated alkanes) is 1. The number of likely N-dealkylation sites (tertiary alicyclic amines) is 1. The van der Waals surface area contributed by atoms with Gasteiger partial charge in [-0.05, 0) is 66.5 Å². The monoisotopic (exact) mass is 413 g/mol. The Kier molecular flexibility index (Phi) is 6.00. The Morgan fingerprint density at radius 2 is 1.89 bits per heavy atom. The zero-order valence-electron chi connectivity index (χ0n) is 15.7. The number of thiophene rings is 1. The van der Waals surface area contributed by atoms with Gasteiger partial charge in [-0.2, -0.15) is 0 Å². The van der Waals surface area contributed by atoms with Crippen LogP contribution in [-0.2, 0) is 24.2 Å². The maximum absolute atomic E-state index is 10.9. The molecule has 5 heteroatoms. The molecule has 2 aromatic carbocycles. The normalized spacial score (nSPS) is 15.0. The van der Waals surface area contributed by atoms with Crippen molar-refractivity contribution in [1.82, 2.24) is 4.90 Å². The summed E-state index contributed by atoms with van der Waals surface area (Å²) in [5, 5.41) is 11.2. The van der Waals surface area contributed by atoms with Crippen LogP contribution in [0.3, 0.4) is 0 Å². The fourth-order valence-electron chi connectivity index (χ4n) is 3.80. The number of aryl methyl sites for hydroxylation is 2. The van der Waals surface area contributed by atoms with Gasteiger partial charge in [-0.15, -0.1) is 11.3 Å². The number of rotatable bonds is 8. The summed E-state index contributed by atoms with van der Waals surface area (Å²) in [6.07, 6.45) is 4.44. The van der Waals surface area contributed by atoms with Gasteiger partial charge in [-0.25, -0.2) is 0 Å². The highest BCUT2D eigenvalue weighted by Gasteiger charge is 2.32. The Morgan fingerprint density at radius 1 is 1.11 bits per heavy atom. The van der Waals surface area contributed by atoms with E-state index in [0.717, 1.165) is 37.3 Å². The van der Waals surface area contributed by atoms with E-state index in [1.54, 1.807) is 0 Å². The van der Waals surface area contributed by atoms with Gasteiger partial charge in [0.2, 0.25) is 0 Å². The number of nitrogens with zero attached hydrogens (tertiary/aromatic N) is 1. The molecule has 0 spiro atoms. The summed E-state index contributed by atoms with van der Waals surface area (Å²) >= 11 is 8.11. The third kappa shape index (κ3) is 4.57. The summed E-state index contributed by atoms with van der Waals surface area (Å²) in [5.41, 5.74) is 2.50. The molecule has 0 saturated carbocycles. The van der Waals surface area contributed by atoms with Crippen molar-refractivity contribution >= 4 is 39.0 Å². The van der Waals surface area contributed by atoms with E-state index in [0.29, 0.717) is 13.1 Å². The van der Waals surface area contributed by atoms with Crippen LogP contribution in [0, 0.1) is 5.92 Å². The van der Waals surface area contributed by atoms with E-state index in [1.165, 1.54) is 26.1 Å². The highest BCUT2D eigenvalue weighted by molar-refractivity contribution is 7.19. The molecule has 1 fully saturated rings. The van der Waals surface area contributed by atoms with Crippen molar-refractivity contribution < 1.29 is 9.90 Å². The lowest BCUT2D eigenvalue weighted by atomic mass is 9.99. The van der Waals surface area contributed by atoms with E-state index in [9.17, 15) is 4.79 Å². The lowest BCUT2D eigenvalue weighted by Gasteiger charge is -2.36. The van der Waals surface area contributed by atoms with Gasteiger partial charge in [0.05, 0.1) is 5.92 Å². The highest BCUT2D eigenvalue weighted by atomic mass is 35.5. The molecule has 4 rings (SSSR count). The smallest absolute Gasteiger partial charge is 0.309 e. The Labute approximate surface area is 174 Å². The van der Waals surface area contributed by atoms with Crippen molar-refractivity contribution in [2.75, 3.05) is 13.1 Å². The van der Waals surface area contributed by atoms with Gasteiger partial charge >= 0.3 is 5.97 Å². The number of fused-ring (bicyclic) bond motifs is 1. The van der Waals surface area contributed by atoms with Gasteiger partial charge < -0.3 is 5.11 Å². The molecule has 146 valence electrons. The summed E-state index contributed by atoms with van der Waals surface area (Å²) in [7, 11) is 0. The van der Waals surface area contributed by atoms with Gasteiger partial charge in [0.1, 0.15) is 0 Å². The maximum Gasteiger partial charge on any atom is 0.309 e. The van der Waals surface area contributed by atoms with E-state index >= 15 is 0 Å². The SMILES string of the molecule is O=C(O)C1CN(Cc2ccc3sc(CCCCc4ccccc4Cl)cc3c2)C1. The Bertz CT molecular complexity index is 978. The number of benzene rings is 2. The average molecular weight is 414 g/mol. The van der Waals surface area contributed by atoms with Gasteiger partial charge in [0.15, 0.2) is 0 Å². The van der Waals surface area contributed by atoms with E-state index in [-0.39, 0.29) is 5.92 Å². The van der Waals surface area contributed by atoms with Crippen LogP contribution in [0.25, 0.3) is 10.1 Å². The first-order valence-electron chi connectivity index (χ1n) is 9.78. The highest BCUT2D eigenvalue weighted by Crippen LogP contribution is 2.29. The molecule has 3 aromatic rings. The Hall–Kier alpha value is -1.88. The van der Waals surface area contributed by atoms with Gasteiger partial charge in [0, 0.05) is 34.2 Å². The zero-order chi connectivity index (χ0) is 19.5. The predicted molar refractivity (Wildman–Crippen MR) is 116 cm³/mol. The third-order valence-corrected chi connectivity index (χ3v) is 6.97. The predicted octanol–water partition coefficient (Wildman–Crippen LogP) is 5.64. The molecule has 1 saturated heterocycles. The van der Waals surface area contributed by atoms with Crippen LogP contribution in [0.4, 0.5) is 0 Å². The van der Waals surface area contributed by atoms with Crippen molar-refractivity contribution in [3.05, 3.63) is 69.6 Å². The number of carboxylic acid groups (broad SMARTS) is 1. The van der Waals surface area contributed by atoms with E-state index < -0.39 is 5.97 Å². The standard InChI is InChI=1S/C23H24ClNO2S/c24-21-8-4-2-6-17(21)5-1-3-7-20-12-18-11-16(9-10-22(18)28-20)13-25-14-19(15-25)23(26)27/h2,4,6,8-12,19H,1,3,5,7,13-15H2,(H,26,27). The van der Waals surface area contributed by atoms with Crippen molar-refractivity contribution in [3.8, 4) is 0 Å². The van der Waals surface area contributed by atoms with E-state index in [2.05, 4.69) is 35.2 Å². The topological polar surface area (TPSA) is 40.5 Å². The van der Waals surface area contributed by atoms with Gasteiger partial charge in [0.25, 0.3) is 0 Å². The molecular weight excluding hydrogens is 390 g/mol. The molecule has 28 heavy (non-hydrogen) atoms. The van der Waals surface area contributed by atoms with Crippen molar-refractivity contribution in [1.29, 1.82) is 0 Å². The Balaban J connectivity index is 1.29. The summed E-state index contributed by atoms with van der Waals surface area (Å²) < 4.78 is 1.33. The second-order valence-corrected chi connectivity index (χ2v) is 9.19. The molecular formula is C23H24ClNO2S.